The Balaban J connectivity index is 3.40. The van der Waals surface area contributed by atoms with E-state index >= 15 is 0 Å². The molecule has 0 fully saturated rings. The molecule has 1 N–H and O–H groups in total. The van der Waals surface area contributed by atoms with E-state index in [1.54, 1.807) is 22.6 Å². The van der Waals surface area contributed by atoms with Crippen molar-refractivity contribution in [1.29, 1.82) is 0 Å². The van der Waals surface area contributed by atoms with E-state index < -0.39 is 12.4 Å². The first-order valence-electron chi connectivity index (χ1n) is 3.74. The Hall–Kier alpha value is -0.310. The van der Waals surface area contributed by atoms with Gasteiger partial charge in [-0.1, -0.05) is 15.9 Å². The van der Waals surface area contributed by atoms with Gasteiger partial charge in [-0.25, -0.2) is 18.6 Å². The fourth-order valence-corrected chi connectivity index (χ4v) is 2.00. The van der Waals surface area contributed by atoms with E-state index in [1.165, 1.54) is 6.07 Å². The average molecular weight is 392 g/mol. The number of carboxylic acids is 1. The van der Waals surface area contributed by atoms with E-state index in [-0.39, 0.29) is 25.9 Å². The van der Waals surface area contributed by atoms with E-state index in [0.29, 0.717) is 0 Å². The molecule has 0 unspecified atom stereocenters. The van der Waals surface area contributed by atoms with Crippen molar-refractivity contribution in [3.05, 3.63) is 26.6 Å². The molecule has 0 saturated carbocycles. The maximum atomic E-state index is 12.5. The monoisotopic (exact) mass is 391 g/mol. The Bertz CT molecular complexity index is 400. The number of halogens is 4. The lowest BCUT2D eigenvalue weighted by Gasteiger charge is -2.07. The Morgan fingerprint density at radius 1 is 1.67 bits per heavy atom. The minimum Gasteiger partial charge on any atom is -0.476 e. The SMILES string of the molecule is O=C(O)c1nc(CBr)cc(C(F)F)c1I. The summed E-state index contributed by atoms with van der Waals surface area (Å²) >= 11 is 4.61. The first-order chi connectivity index (χ1) is 6.97. The average Bonchev–Trinajstić information content (AvgIpc) is 2.17. The lowest BCUT2D eigenvalue weighted by atomic mass is 10.2. The van der Waals surface area contributed by atoms with E-state index in [1.807, 2.05) is 0 Å². The summed E-state index contributed by atoms with van der Waals surface area (Å²) in [5, 5.41) is 9.00. The van der Waals surface area contributed by atoms with Gasteiger partial charge in [0.25, 0.3) is 6.43 Å². The molecule has 1 rings (SSSR count). The lowest BCUT2D eigenvalue weighted by Crippen LogP contribution is -2.08. The van der Waals surface area contributed by atoms with Crippen LogP contribution in [0, 0.1) is 3.57 Å². The fraction of sp³-hybridized carbons (Fsp3) is 0.250. The third-order valence-electron chi connectivity index (χ3n) is 1.61. The molecular weight excluding hydrogens is 387 g/mol. The van der Waals surface area contributed by atoms with Crippen LogP contribution in [-0.4, -0.2) is 16.1 Å². The first kappa shape index (κ1) is 12.8. The van der Waals surface area contributed by atoms with E-state index in [9.17, 15) is 13.6 Å². The number of nitrogens with zero attached hydrogens (tertiary/aromatic N) is 1. The molecule has 1 aromatic heterocycles. The van der Waals surface area contributed by atoms with Gasteiger partial charge in [-0.3, -0.25) is 0 Å². The number of rotatable bonds is 3. The van der Waals surface area contributed by atoms with Crippen molar-refractivity contribution in [3.8, 4) is 0 Å². The topological polar surface area (TPSA) is 50.2 Å². The van der Waals surface area contributed by atoms with Crippen LogP contribution >= 0.6 is 38.5 Å². The molecule has 82 valence electrons. The van der Waals surface area contributed by atoms with Crippen LogP contribution in [0.2, 0.25) is 0 Å². The summed E-state index contributed by atoms with van der Waals surface area (Å²) in [5.74, 6) is -1.30. The van der Waals surface area contributed by atoms with Crippen molar-refractivity contribution in [2.45, 2.75) is 11.8 Å². The number of carboxylic acid groups (broad SMARTS) is 1. The first-order valence-corrected chi connectivity index (χ1v) is 5.94. The molecule has 0 spiro atoms. The van der Waals surface area contributed by atoms with Crippen molar-refractivity contribution in [3.63, 3.8) is 0 Å². The van der Waals surface area contributed by atoms with Crippen LogP contribution in [0.4, 0.5) is 8.78 Å². The molecular formula is C8H5BrF2INO2. The molecule has 0 aliphatic heterocycles. The molecule has 0 radical (unpaired) electrons. The molecule has 7 heteroatoms. The standard InChI is InChI=1S/C8H5BrF2INO2/c9-2-3-1-4(7(10)11)5(12)6(13-3)8(14)15/h1,7H,2H2,(H,14,15). The van der Waals surface area contributed by atoms with Crippen LogP contribution in [-0.2, 0) is 5.33 Å². The quantitative estimate of drug-likeness (QED) is 0.635. The Morgan fingerprint density at radius 2 is 2.27 bits per heavy atom. The molecule has 0 aromatic carbocycles. The van der Waals surface area contributed by atoms with Gasteiger partial charge in [0.05, 0.1) is 9.26 Å². The summed E-state index contributed by atoms with van der Waals surface area (Å²) < 4.78 is 25.1. The van der Waals surface area contributed by atoms with Gasteiger partial charge in [-0.2, -0.15) is 0 Å². The van der Waals surface area contributed by atoms with E-state index in [4.69, 9.17) is 5.11 Å². The molecule has 1 aromatic rings. The summed E-state index contributed by atoms with van der Waals surface area (Å²) in [6.45, 7) is 0. The summed E-state index contributed by atoms with van der Waals surface area (Å²) in [5.41, 5.74) is -0.344. The van der Waals surface area contributed by atoms with Gasteiger partial charge in [0.1, 0.15) is 0 Å². The lowest BCUT2D eigenvalue weighted by molar-refractivity contribution is 0.0688. The van der Waals surface area contributed by atoms with Crippen molar-refractivity contribution >= 4 is 44.5 Å². The number of aromatic carboxylic acids is 1. The molecule has 0 amide bonds. The second kappa shape index (κ2) is 5.15. The van der Waals surface area contributed by atoms with Crippen molar-refractivity contribution in [2.24, 2.45) is 0 Å². The second-order valence-corrected chi connectivity index (χ2v) is 4.24. The summed E-state index contributed by atoms with van der Waals surface area (Å²) in [4.78, 5) is 14.5. The minimum absolute atomic E-state index is 0.0141. The minimum atomic E-state index is -2.70. The van der Waals surface area contributed by atoms with E-state index in [2.05, 4.69) is 20.9 Å². The molecule has 0 aliphatic carbocycles. The zero-order valence-corrected chi connectivity index (χ0v) is 10.9. The smallest absolute Gasteiger partial charge is 0.355 e. The van der Waals surface area contributed by atoms with Gasteiger partial charge in [-0.15, -0.1) is 0 Å². The third kappa shape index (κ3) is 2.83. The van der Waals surface area contributed by atoms with Gasteiger partial charge < -0.3 is 5.11 Å². The van der Waals surface area contributed by atoms with Gasteiger partial charge in [0.15, 0.2) is 5.69 Å². The number of alkyl halides is 3. The summed E-state index contributed by atoms with van der Waals surface area (Å²) in [6.07, 6.45) is -2.70. The Kier molecular flexibility index (Phi) is 4.38. The highest BCUT2D eigenvalue weighted by atomic mass is 127. The van der Waals surface area contributed by atoms with Gasteiger partial charge >= 0.3 is 5.97 Å². The maximum absolute atomic E-state index is 12.5. The normalized spacial score (nSPS) is 10.7. The molecule has 0 bridgehead atoms. The van der Waals surface area contributed by atoms with Gasteiger partial charge in [0.2, 0.25) is 0 Å². The van der Waals surface area contributed by atoms with Crippen LogP contribution in [0.3, 0.4) is 0 Å². The predicted molar refractivity (Wildman–Crippen MR) is 61.5 cm³/mol. The highest BCUT2D eigenvalue weighted by molar-refractivity contribution is 14.1. The maximum Gasteiger partial charge on any atom is 0.355 e. The van der Waals surface area contributed by atoms with Crippen LogP contribution in [0.1, 0.15) is 28.2 Å². The van der Waals surface area contributed by atoms with Crippen molar-refractivity contribution in [2.75, 3.05) is 0 Å². The fourth-order valence-electron chi connectivity index (χ4n) is 0.973. The zero-order chi connectivity index (χ0) is 11.6. The molecule has 3 nitrogen and oxygen atoms in total. The highest BCUT2D eigenvalue weighted by Crippen LogP contribution is 2.27. The number of carbonyl (C=O) groups is 1. The van der Waals surface area contributed by atoms with Crippen LogP contribution in [0.5, 0.6) is 0 Å². The van der Waals surface area contributed by atoms with Crippen molar-refractivity contribution in [1.82, 2.24) is 4.98 Å². The Labute approximate surface area is 106 Å². The van der Waals surface area contributed by atoms with Crippen molar-refractivity contribution < 1.29 is 18.7 Å². The van der Waals surface area contributed by atoms with Gasteiger partial charge in [0, 0.05) is 10.9 Å². The van der Waals surface area contributed by atoms with Crippen LogP contribution in [0.25, 0.3) is 0 Å². The molecule has 0 atom stereocenters. The Morgan fingerprint density at radius 3 is 2.67 bits per heavy atom. The van der Waals surface area contributed by atoms with Crippen LogP contribution < -0.4 is 0 Å². The third-order valence-corrected chi connectivity index (χ3v) is 3.32. The molecule has 0 saturated heterocycles. The molecule has 1 heterocycles. The second-order valence-electron chi connectivity index (χ2n) is 2.60. The summed E-state index contributed by atoms with van der Waals surface area (Å²) in [7, 11) is 0. The number of hydrogen-bond donors (Lipinski definition) is 1. The van der Waals surface area contributed by atoms with Gasteiger partial charge in [-0.05, 0) is 28.7 Å². The number of pyridine rings is 1. The predicted octanol–water partition coefficient (Wildman–Crippen LogP) is 3.22. The number of hydrogen-bond acceptors (Lipinski definition) is 2. The largest absolute Gasteiger partial charge is 0.476 e. The number of aromatic nitrogens is 1. The molecule has 0 aliphatic rings. The highest BCUT2D eigenvalue weighted by Gasteiger charge is 2.20. The van der Waals surface area contributed by atoms with E-state index in [0.717, 1.165) is 0 Å². The molecule has 15 heavy (non-hydrogen) atoms. The zero-order valence-electron chi connectivity index (χ0n) is 7.18. The van der Waals surface area contributed by atoms with Crippen LogP contribution in [0.15, 0.2) is 6.07 Å². The summed E-state index contributed by atoms with van der Waals surface area (Å²) in [6, 6.07) is 1.20.